The first-order chi connectivity index (χ1) is 11.6. The third kappa shape index (κ3) is 5.53. The molecule has 0 atom stereocenters. The molecule has 132 valence electrons. The van der Waals surface area contributed by atoms with Crippen LogP contribution < -0.4 is 5.32 Å². The van der Waals surface area contributed by atoms with Gasteiger partial charge >= 0.3 is 0 Å². The number of amides is 1. The van der Waals surface area contributed by atoms with E-state index in [0.29, 0.717) is 24.8 Å². The van der Waals surface area contributed by atoms with Gasteiger partial charge < -0.3 is 14.6 Å². The molecule has 2 rings (SSSR count). The van der Waals surface area contributed by atoms with E-state index in [2.05, 4.69) is 41.7 Å². The van der Waals surface area contributed by atoms with Gasteiger partial charge in [-0.3, -0.25) is 4.79 Å². The molecule has 6 heteroatoms. The third-order valence-electron chi connectivity index (χ3n) is 3.68. The summed E-state index contributed by atoms with van der Waals surface area (Å²) >= 11 is 1.48. The molecule has 0 bridgehead atoms. The van der Waals surface area contributed by atoms with Crippen molar-refractivity contribution >= 4 is 28.7 Å². The van der Waals surface area contributed by atoms with Crippen LogP contribution in [-0.2, 0) is 16.1 Å². The number of nitrogens with zero attached hydrogens (tertiary/aromatic N) is 2. The van der Waals surface area contributed by atoms with E-state index in [1.54, 1.807) is 0 Å². The molecule has 1 N–H and O–H groups in total. The largest absolute Gasteiger partial charge is 0.380 e. The van der Waals surface area contributed by atoms with Crippen LogP contribution in [0.5, 0.6) is 0 Å². The summed E-state index contributed by atoms with van der Waals surface area (Å²) in [6.07, 6.45) is 1.05. The van der Waals surface area contributed by atoms with Crippen molar-refractivity contribution in [3.8, 4) is 0 Å². The van der Waals surface area contributed by atoms with E-state index in [1.165, 1.54) is 11.8 Å². The Kier molecular flexibility index (Phi) is 7.59. The number of aromatic nitrogens is 2. The maximum atomic E-state index is 11.9. The van der Waals surface area contributed by atoms with E-state index in [9.17, 15) is 4.79 Å². The molecule has 0 spiro atoms. The monoisotopic (exact) mass is 349 g/mol. The van der Waals surface area contributed by atoms with E-state index in [1.807, 2.05) is 18.2 Å². The van der Waals surface area contributed by atoms with Crippen LogP contribution in [0.1, 0.15) is 27.2 Å². The summed E-state index contributed by atoms with van der Waals surface area (Å²) in [5.74, 6) is 1.03. The highest BCUT2D eigenvalue weighted by molar-refractivity contribution is 7.99. The molecule has 0 aliphatic rings. The number of hydrogen-bond acceptors (Lipinski definition) is 4. The number of aryl methyl sites for hydroxylation is 1. The lowest BCUT2D eigenvalue weighted by Gasteiger charge is -2.08. The van der Waals surface area contributed by atoms with Crippen LogP contribution in [0, 0.1) is 5.92 Å². The number of hydrogen-bond donors (Lipinski definition) is 1. The highest BCUT2D eigenvalue weighted by Crippen LogP contribution is 2.23. The number of imidazole rings is 1. The molecule has 1 aromatic heterocycles. The fraction of sp³-hybridized carbons (Fsp3) is 0.556. The molecule has 0 radical (unpaired) electrons. The molecule has 0 fully saturated rings. The Morgan fingerprint density at radius 2 is 2.12 bits per heavy atom. The van der Waals surface area contributed by atoms with E-state index in [4.69, 9.17) is 4.74 Å². The molecule has 2 aromatic rings. The minimum absolute atomic E-state index is 0.0159. The fourth-order valence-corrected chi connectivity index (χ4v) is 3.24. The van der Waals surface area contributed by atoms with Gasteiger partial charge in [0.25, 0.3) is 0 Å². The summed E-state index contributed by atoms with van der Waals surface area (Å²) < 4.78 is 7.64. The van der Waals surface area contributed by atoms with Gasteiger partial charge in [0.05, 0.1) is 23.4 Å². The van der Waals surface area contributed by atoms with Crippen LogP contribution in [0.4, 0.5) is 0 Å². The van der Waals surface area contributed by atoms with Crippen LogP contribution in [0.2, 0.25) is 0 Å². The predicted octanol–water partition coefficient (Wildman–Crippen LogP) is 3.33. The summed E-state index contributed by atoms with van der Waals surface area (Å²) in [6.45, 7) is 9.15. The fourth-order valence-electron chi connectivity index (χ4n) is 2.33. The van der Waals surface area contributed by atoms with Crippen molar-refractivity contribution in [2.75, 3.05) is 25.5 Å². The molecule has 1 heterocycles. The van der Waals surface area contributed by atoms with E-state index < -0.39 is 0 Å². The Morgan fingerprint density at radius 1 is 1.33 bits per heavy atom. The standard InChI is InChI=1S/C18H27N3O2S/c1-4-21-16-8-6-5-7-15(16)20-18(21)24-13-17(22)19-10-12-23-11-9-14(2)3/h5-8,14H,4,9-13H2,1-3H3,(H,19,22). The number of benzene rings is 1. The van der Waals surface area contributed by atoms with E-state index in [-0.39, 0.29) is 5.91 Å². The number of nitrogens with one attached hydrogen (secondary N) is 1. The molecule has 0 unspecified atom stereocenters. The van der Waals surface area contributed by atoms with Crippen LogP contribution in [0.15, 0.2) is 29.4 Å². The van der Waals surface area contributed by atoms with Gasteiger partial charge in [-0.2, -0.15) is 0 Å². The molecule has 24 heavy (non-hydrogen) atoms. The SMILES string of the molecule is CCn1c(SCC(=O)NCCOCCC(C)C)nc2ccccc21. The van der Waals surface area contributed by atoms with Gasteiger partial charge in [0, 0.05) is 19.7 Å². The number of fused-ring (bicyclic) bond motifs is 1. The first-order valence-corrected chi connectivity index (χ1v) is 9.53. The summed E-state index contributed by atoms with van der Waals surface area (Å²) in [4.78, 5) is 16.6. The number of carbonyl (C=O) groups excluding carboxylic acids is 1. The molecule has 0 aliphatic carbocycles. The number of carbonyl (C=O) groups is 1. The normalized spacial score (nSPS) is 11.3. The maximum Gasteiger partial charge on any atom is 0.230 e. The quantitative estimate of drug-likeness (QED) is 0.528. The lowest BCUT2D eigenvalue weighted by molar-refractivity contribution is -0.118. The minimum Gasteiger partial charge on any atom is -0.380 e. The first kappa shape index (κ1) is 18.8. The second-order valence-electron chi connectivity index (χ2n) is 6.06. The van der Waals surface area contributed by atoms with Gasteiger partial charge in [0.15, 0.2) is 5.16 Å². The van der Waals surface area contributed by atoms with Crippen molar-refractivity contribution < 1.29 is 9.53 Å². The minimum atomic E-state index is 0.0159. The van der Waals surface area contributed by atoms with Gasteiger partial charge in [-0.1, -0.05) is 37.7 Å². The van der Waals surface area contributed by atoms with Crippen LogP contribution in [-0.4, -0.2) is 41.0 Å². The molecular weight excluding hydrogens is 322 g/mol. The van der Waals surface area contributed by atoms with Gasteiger partial charge in [-0.15, -0.1) is 0 Å². The van der Waals surface area contributed by atoms with E-state index in [0.717, 1.165) is 35.8 Å². The second-order valence-corrected chi connectivity index (χ2v) is 7.00. The van der Waals surface area contributed by atoms with Gasteiger partial charge in [-0.05, 0) is 31.4 Å². The molecule has 1 amide bonds. The number of thioether (sulfide) groups is 1. The van der Waals surface area contributed by atoms with Crippen molar-refractivity contribution in [3.63, 3.8) is 0 Å². The zero-order valence-electron chi connectivity index (χ0n) is 14.7. The van der Waals surface area contributed by atoms with Gasteiger partial charge in [0.2, 0.25) is 5.91 Å². The molecular formula is C18H27N3O2S. The van der Waals surface area contributed by atoms with E-state index >= 15 is 0 Å². The number of para-hydroxylation sites is 2. The van der Waals surface area contributed by atoms with Gasteiger partial charge in [-0.25, -0.2) is 4.98 Å². The summed E-state index contributed by atoms with van der Waals surface area (Å²) in [5.41, 5.74) is 2.09. The Morgan fingerprint density at radius 3 is 2.88 bits per heavy atom. The summed E-state index contributed by atoms with van der Waals surface area (Å²) in [6, 6.07) is 8.05. The molecule has 0 saturated heterocycles. The third-order valence-corrected chi connectivity index (χ3v) is 4.65. The zero-order valence-corrected chi connectivity index (χ0v) is 15.6. The van der Waals surface area contributed by atoms with Gasteiger partial charge in [0.1, 0.15) is 0 Å². The Balaban J connectivity index is 1.74. The maximum absolute atomic E-state index is 11.9. The molecule has 0 aliphatic heterocycles. The number of rotatable bonds is 10. The zero-order chi connectivity index (χ0) is 17.4. The highest BCUT2D eigenvalue weighted by Gasteiger charge is 2.11. The summed E-state index contributed by atoms with van der Waals surface area (Å²) in [7, 11) is 0. The van der Waals surface area contributed by atoms with Crippen molar-refractivity contribution in [1.82, 2.24) is 14.9 Å². The van der Waals surface area contributed by atoms with Crippen LogP contribution in [0.3, 0.4) is 0 Å². The molecule has 5 nitrogen and oxygen atoms in total. The average Bonchev–Trinajstić information content (AvgIpc) is 2.93. The smallest absolute Gasteiger partial charge is 0.230 e. The van der Waals surface area contributed by atoms with Crippen molar-refractivity contribution in [2.24, 2.45) is 5.92 Å². The highest BCUT2D eigenvalue weighted by atomic mass is 32.2. The Labute approximate surface area is 148 Å². The molecule has 1 aromatic carbocycles. The lowest BCUT2D eigenvalue weighted by Crippen LogP contribution is -2.29. The topological polar surface area (TPSA) is 56.2 Å². The van der Waals surface area contributed by atoms with Crippen LogP contribution >= 0.6 is 11.8 Å². The lowest BCUT2D eigenvalue weighted by atomic mass is 10.1. The Bertz CT molecular complexity index is 655. The molecule has 0 saturated carbocycles. The second kappa shape index (κ2) is 9.69. The Hall–Kier alpha value is -1.53. The average molecular weight is 350 g/mol. The van der Waals surface area contributed by atoms with Crippen molar-refractivity contribution in [3.05, 3.63) is 24.3 Å². The van der Waals surface area contributed by atoms with Crippen molar-refractivity contribution in [2.45, 2.75) is 38.9 Å². The van der Waals surface area contributed by atoms with Crippen molar-refractivity contribution in [1.29, 1.82) is 0 Å². The first-order valence-electron chi connectivity index (χ1n) is 8.54. The summed E-state index contributed by atoms with van der Waals surface area (Å²) in [5, 5.41) is 3.78. The van der Waals surface area contributed by atoms with Crippen LogP contribution in [0.25, 0.3) is 11.0 Å². The predicted molar refractivity (Wildman–Crippen MR) is 99.4 cm³/mol. The number of ether oxygens (including phenoxy) is 1.